The summed E-state index contributed by atoms with van der Waals surface area (Å²) in [5, 5.41) is 15.0. The summed E-state index contributed by atoms with van der Waals surface area (Å²) in [6, 6.07) is 0. The molecule has 0 aliphatic heterocycles. The zero-order chi connectivity index (χ0) is 10.1. The van der Waals surface area contributed by atoms with Gasteiger partial charge in [0.1, 0.15) is 5.82 Å². The van der Waals surface area contributed by atoms with Crippen molar-refractivity contribution in [2.75, 3.05) is 0 Å². The van der Waals surface area contributed by atoms with Gasteiger partial charge >= 0.3 is 0 Å². The molecule has 74 valence electrons. The first-order valence-electron chi connectivity index (χ1n) is 4.46. The van der Waals surface area contributed by atoms with Gasteiger partial charge in [0.25, 0.3) is 0 Å². The second-order valence-corrected chi connectivity index (χ2v) is 3.42. The first-order valence-corrected chi connectivity index (χ1v) is 4.46. The Labute approximate surface area is 81.4 Å². The van der Waals surface area contributed by atoms with Crippen molar-refractivity contribution in [1.29, 1.82) is 0 Å². The van der Waals surface area contributed by atoms with E-state index in [-0.39, 0.29) is 0 Å². The number of aromatic nitrogens is 6. The summed E-state index contributed by atoms with van der Waals surface area (Å²) >= 11 is 0. The molecule has 14 heavy (non-hydrogen) atoms. The molecule has 0 radical (unpaired) electrons. The molecule has 0 aliphatic carbocycles. The molecule has 1 N–H and O–H groups in total. The maximum absolute atomic E-state index is 4.31. The standard InChI is InChI=1S/C8H12N6/c1-5(2)7-10-8(12-11-7)6-4-9-14(3)13-6/h4-5H,1-3H3,(H,10,11,12). The predicted octanol–water partition coefficient (Wildman–Crippen LogP) is 0.724. The largest absolute Gasteiger partial charge is 0.262 e. The summed E-state index contributed by atoms with van der Waals surface area (Å²) in [5.74, 6) is 1.81. The highest BCUT2D eigenvalue weighted by Crippen LogP contribution is 2.13. The van der Waals surface area contributed by atoms with Gasteiger partial charge in [0.2, 0.25) is 5.82 Å². The van der Waals surface area contributed by atoms with Gasteiger partial charge in [-0.2, -0.15) is 20.1 Å². The molecule has 2 aromatic rings. The van der Waals surface area contributed by atoms with Crippen LogP contribution in [0, 0.1) is 0 Å². The average Bonchev–Trinajstić information content (AvgIpc) is 2.70. The monoisotopic (exact) mass is 192 g/mol. The van der Waals surface area contributed by atoms with Crippen LogP contribution in [-0.2, 0) is 7.05 Å². The Morgan fingerprint density at radius 3 is 2.71 bits per heavy atom. The van der Waals surface area contributed by atoms with Gasteiger partial charge < -0.3 is 0 Å². The van der Waals surface area contributed by atoms with E-state index in [1.165, 1.54) is 4.80 Å². The average molecular weight is 192 g/mol. The summed E-state index contributed by atoms with van der Waals surface area (Å²) < 4.78 is 0. The van der Waals surface area contributed by atoms with E-state index in [9.17, 15) is 0 Å². The van der Waals surface area contributed by atoms with Crippen molar-refractivity contribution >= 4 is 0 Å². The van der Waals surface area contributed by atoms with E-state index in [0.717, 1.165) is 5.82 Å². The van der Waals surface area contributed by atoms with Crippen molar-refractivity contribution in [3.63, 3.8) is 0 Å². The fourth-order valence-corrected chi connectivity index (χ4v) is 1.10. The van der Waals surface area contributed by atoms with Crippen LogP contribution in [0.5, 0.6) is 0 Å². The van der Waals surface area contributed by atoms with E-state index < -0.39 is 0 Å². The molecule has 0 aromatic carbocycles. The molecule has 0 bridgehead atoms. The number of nitrogens with one attached hydrogen (secondary N) is 1. The summed E-state index contributed by atoms with van der Waals surface area (Å²) in [6.45, 7) is 4.11. The van der Waals surface area contributed by atoms with Gasteiger partial charge in [0, 0.05) is 13.0 Å². The Morgan fingerprint density at radius 1 is 1.43 bits per heavy atom. The molecule has 0 spiro atoms. The van der Waals surface area contributed by atoms with E-state index >= 15 is 0 Å². The van der Waals surface area contributed by atoms with E-state index in [1.807, 2.05) is 0 Å². The van der Waals surface area contributed by atoms with Crippen molar-refractivity contribution in [3.05, 3.63) is 12.0 Å². The maximum Gasteiger partial charge on any atom is 0.203 e. The molecular weight excluding hydrogens is 180 g/mol. The van der Waals surface area contributed by atoms with Crippen LogP contribution in [0.2, 0.25) is 0 Å². The molecule has 0 aliphatic rings. The highest BCUT2D eigenvalue weighted by molar-refractivity contribution is 5.45. The second-order valence-electron chi connectivity index (χ2n) is 3.42. The van der Waals surface area contributed by atoms with Gasteiger partial charge in [-0.1, -0.05) is 13.8 Å². The van der Waals surface area contributed by atoms with Gasteiger partial charge in [0.05, 0.1) is 6.20 Å². The number of hydrogen-bond donors (Lipinski definition) is 1. The number of aromatic amines is 1. The van der Waals surface area contributed by atoms with Crippen LogP contribution in [0.4, 0.5) is 0 Å². The molecule has 0 amide bonds. The van der Waals surface area contributed by atoms with Crippen molar-refractivity contribution in [2.24, 2.45) is 7.05 Å². The van der Waals surface area contributed by atoms with Gasteiger partial charge in [-0.05, 0) is 0 Å². The Morgan fingerprint density at radius 2 is 2.21 bits per heavy atom. The lowest BCUT2D eigenvalue weighted by atomic mass is 10.2. The van der Waals surface area contributed by atoms with Crippen molar-refractivity contribution < 1.29 is 0 Å². The number of nitrogens with zero attached hydrogens (tertiary/aromatic N) is 5. The van der Waals surface area contributed by atoms with Crippen molar-refractivity contribution in [1.82, 2.24) is 30.2 Å². The third-order valence-electron chi connectivity index (χ3n) is 1.88. The Balaban J connectivity index is 2.33. The number of H-pyrrole nitrogens is 1. The van der Waals surface area contributed by atoms with Crippen LogP contribution in [0.25, 0.3) is 11.5 Å². The summed E-state index contributed by atoms with van der Waals surface area (Å²) in [4.78, 5) is 5.80. The lowest BCUT2D eigenvalue weighted by molar-refractivity contribution is 0.655. The summed E-state index contributed by atoms with van der Waals surface area (Å²) in [7, 11) is 1.76. The molecule has 0 saturated carbocycles. The minimum absolute atomic E-state index is 0.341. The van der Waals surface area contributed by atoms with Crippen LogP contribution < -0.4 is 0 Å². The maximum atomic E-state index is 4.31. The Hall–Kier alpha value is -1.72. The van der Waals surface area contributed by atoms with Gasteiger partial charge in [0.15, 0.2) is 5.69 Å². The SMILES string of the molecule is CC(C)c1nc(-c2cnn(C)n2)n[nH]1. The Bertz CT molecular complexity index is 426. The van der Waals surface area contributed by atoms with E-state index in [1.54, 1.807) is 13.2 Å². The molecule has 0 unspecified atom stereocenters. The van der Waals surface area contributed by atoms with E-state index in [4.69, 9.17) is 0 Å². The molecule has 6 heteroatoms. The number of aryl methyl sites for hydroxylation is 1. The zero-order valence-corrected chi connectivity index (χ0v) is 8.39. The van der Waals surface area contributed by atoms with Crippen LogP contribution in [-0.4, -0.2) is 30.2 Å². The quantitative estimate of drug-likeness (QED) is 0.761. The first-order chi connectivity index (χ1) is 6.66. The van der Waals surface area contributed by atoms with Gasteiger partial charge in [-0.3, -0.25) is 5.10 Å². The lowest BCUT2D eigenvalue weighted by Crippen LogP contribution is -1.92. The topological polar surface area (TPSA) is 72.3 Å². The van der Waals surface area contributed by atoms with Crippen LogP contribution in [0.1, 0.15) is 25.6 Å². The van der Waals surface area contributed by atoms with Crippen LogP contribution >= 0.6 is 0 Å². The zero-order valence-electron chi connectivity index (χ0n) is 8.39. The van der Waals surface area contributed by atoms with Crippen molar-refractivity contribution in [3.8, 4) is 11.5 Å². The summed E-state index contributed by atoms with van der Waals surface area (Å²) in [5.41, 5.74) is 0.690. The molecular formula is C8H12N6. The summed E-state index contributed by atoms with van der Waals surface area (Å²) in [6.07, 6.45) is 1.65. The molecule has 2 heterocycles. The van der Waals surface area contributed by atoms with Crippen LogP contribution in [0.3, 0.4) is 0 Å². The number of rotatable bonds is 2. The molecule has 0 fully saturated rings. The fourth-order valence-electron chi connectivity index (χ4n) is 1.10. The minimum atomic E-state index is 0.341. The molecule has 0 saturated heterocycles. The van der Waals surface area contributed by atoms with Crippen LogP contribution in [0.15, 0.2) is 6.20 Å². The second kappa shape index (κ2) is 3.21. The highest BCUT2D eigenvalue weighted by atomic mass is 15.5. The van der Waals surface area contributed by atoms with Gasteiger partial charge in [-0.25, -0.2) is 4.98 Å². The smallest absolute Gasteiger partial charge is 0.203 e. The fraction of sp³-hybridized carbons (Fsp3) is 0.500. The van der Waals surface area contributed by atoms with E-state index in [2.05, 4.69) is 39.2 Å². The number of hydrogen-bond acceptors (Lipinski definition) is 4. The third-order valence-corrected chi connectivity index (χ3v) is 1.88. The highest BCUT2D eigenvalue weighted by Gasteiger charge is 2.10. The molecule has 6 nitrogen and oxygen atoms in total. The van der Waals surface area contributed by atoms with Gasteiger partial charge in [-0.15, -0.1) is 0 Å². The Kier molecular flexibility index (Phi) is 2.03. The lowest BCUT2D eigenvalue weighted by Gasteiger charge is -1.94. The molecule has 2 aromatic heterocycles. The third kappa shape index (κ3) is 1.50. The normalized spacial score (nSPS) is 11.1. The van der Waals surface area contributed by atoms with Crippen molar-refractivity contribution in [2.45, 2.75) is 19.8 Å². The molecule has 0 atom stereocenters. The van der Waals surface area contributed by atoms with E-state index in [0.29, 0.717) is 17.4 Å². The minimum Gasteiger partial charge on any atom is -0.262 e. The first kappa shape index (κ1) is 8.86. The molecule has 2 rings (SSSR count). The predicted molar refractivity (Wildman–Crippen MR) is 50.5 cm³/mol.